The van der Waals surface area contributed by atoms with Crippen molar-refractivity contribution in [2.24, 2.45) is 0 Å². The van der Waals surface area contributed by atoms with Crippen molar-refractivity contribution in [3.8, 4) is 5.75 Å². The third-order valence-corrected chi connectivity index (χ3v) is 6.24. The molecule has 0 spiro atoms. The molecule has 1 aliphatic heterocycles. The fourth-order valence-electron chi connectivity index (χ4n) is 4.39. The average Bonchev–Trinajstić information content (AvgIpc) is 3.10. The molecule has 2 amide bonds. The molecule has 0 bridgehead atoms. The maximum absolute atomic E-state index is 13.7. The van der Waals surface area contributed by atoms with E-state index in [1.54, 1.807) is 53.7 Å². The Kier molecular flexibility index (Phi) is 7.32. The van der Waals surface area contributed by atoms with Gasteiger partial charge in [0.2, 0.25) is 5.91 Å². The Hall–Kier alpha value is -4.37. The van der Waals surface area contributed by atoms with Crippen LogP contribution in [0.5, 0.6) is 5.75 Å². The second-order valence-corrected chi connectivity index (χ2v) is 8.80. The van der Waals surface area contributed by atoms with Crippen LogP contribution in [-0.4, -0.2) is 69.4 Å². The fourth-order valence-corrected chi connectivity index (χ4v) is 4.39. The lowest BCUT2D eigenvalue weighted by Gasteiger charge is -2.25. The Balaban J connectivity index is 1.40. The van der Waals surface area contributed by atoms with Crippen molar-refractivity contribution in [1.29, 1.82) is 0 Å². The minimum absolute atomic E-state index is 0.0681. The van der Waals surface area contributed by atoms with Gasteiger partial charge in [-0.3, -0.25) is 24.5 Å². The molecular weight excluding hydrogens is 470 g/mol. The van der Waals surface area contributed by atoms with Gasteiger partial charge in [0.05, 0.1) is 43.1 Å². The fraction of sp³-hybridized carbons (Fsp3) is 0.250. The van der Waals surface area contributed by atoms with E-state index < -0.39 is 6.10 Å². The van der Waals surface area contributed by atoms with Crippen molar-refractivity contribution < 1.29 is 19.1 Å². The topological polar surface area (TPSA) is 97.8 Å². The number of hydrogen-bond acceptors (Lipinski definition) is 7. The normalized spacial score (nSPS) is 16.0. The summed E-state index contributed by atoms with van der Waals surface area (Å²) < 4.78 is 11.6. The number of carbonyl (C=O) groups is 2. The van der Waals surface area contributed by atoms with Gasteiger partial charge in [-0.05, 0) is 42.0 Å². The summed E-state index contributed by atoms with van der Waals surface area (Å²) in [7, 11) is 1.62. The summed E-state index contributed by atoms with van der Waals surface area (Å²) in [5, 5.41) is 0. The minimum atomic E-state index is -0.411. The van der Waals surface area contributed by atoms with Crippen LogP contribution in [0.25, 0.3) is 11.0 Å². The number of hydrogen-bond donors (Lipinski definition) is 0. The number of carbonyl (C=O) groups excluding carboxylic acids is 2. The van der Waals surface area contributed by atoms with Crippen molar-refractivity contribution in [2.45, 2.75) is 19.3 Å². The molecule has 1 atom stereocenters. The van der Waals surface area contributed by atoms with E-state index in [0.29, 0.717) is 36.3 Å². The molecule has 0 unspecified atom stereocenters. The first-order valence-corrected chi connectivity index (χ1v) is 12.0. The number of rotatable bonds is 7. The molecule has 2 aromatic carbocycles. The molecule has 1 aliphatic rings. The van der Waals surface area contributed by atoms with E-state index >= 15 is 0 Å². The second kappa shape index (κ2) is 11.1. The number of aromatic nitrogens is 3. The van der Waals surface area contributed by atoms with Crippen LogP contribution in [-0.2, 0) is 22.7 Å². The van der Waals surface area contributed by atoms with Gasteiger partial charge in [-0.2, -0.15) is 0 Å². The van der Waals surface area contributed by atoms with Crippen LogP contribution in [0.1, 0.15) is 21.6 Å². The predicted molar refractivity (Wildman–Crippen MR) is 137 cm³/mol. The zero-order valence-electron chi connectivity index (χ0n) is 20.5. The Morgan fingerprint density at radius 1 is 0.973 bits per heavy atom. The Bertz CT molecular complexity index is 1390. The van der Waals surface area contributed by atoms with Gasteiger partial charge in [0, 0.05) is 31.7 Å². The van der Waals surface area contributed by atoms with Gasteiger partial charge in [0.15, 0.2) is 0 Å². The van der Waals surface area contributed by atoms with Crippen LogP contribution in [0.4, 0.5) is 0 Å². The number of ether oxygens (including phenoxy) is 2. The lowest BCUT2D eigenvalue weighted by molar-refractivity contribution is -0.132. The van der Waals surface area contributed by atoms with Crippen molar-refractivity contribution in [2.75, 3.05) is 26.7 Å². The second-order valence-electron chi connectivity index (χ2n) is 8.80. The van der Waals surface area contributed by atoms with E-state index in [1.807, 2.05) is 42.5 Å². The third-order valence-electron chi connectivity index (χ3n) is 6.24. The lowest BCUT2D eigenvalue weighted by Crippen LogP contribution is -2.39. The molecule has 5 rings (SSSR count). The molecule has 188 valence electrons. The number of pyridine rings is 1. The Labute approximate surface area is 214 Å². The van der Waals surface area contributed by atoms with Gasteiger partial charge < -0.3 is 19.3 Å². The van der Waals surface area contributed by atoms with E-state index in [4.69, 9.17) is 9.47 Å². The summed E-state index contributed by atoms with van der Waals surface area (Å²) in [4.78, 5) is 43.3. The highest BCUT2D eigenvalue weighted by Crippen LogP contribution is 2.20. The van der Waals surface area contributed by atoms with E-state index in [0.717, 1.165) is 17.0 Å². The Morgan fingerprint density at radius 3 is 2.68 bits per heavy atom. The van der Waals surface area contributed by atoms with Gasteiger partial charge >= 0.3 is 0 Å². The molecule has 0 radical (unpaired) electrons. The van der Waals surface area contributed by atoms with Crippen LogP contribution in [0.15, 0.2) is 79.3 Å². The molecule has 0 saturated carbocycles. The van der Waals surface area contributed by atoms with Gasteiger partial charge in [-0.25, -0.2) is 0 Å². The number of benzene rings is 2. The van der Waals surface area contributed by atoms with E-state index in [-0.39, 0.29) is 24.9 Å². The van der Waals surface area contributed by atoms with Crippen LogP contribution in [0, 0.1) is 0 Å². The molecule has 0 aliphatic carbocycles. The molecule has 2 aromatic heterocycles. The van der Waals surface area contributed by atoms with Crippen molar-refractivity contribution in [3.05, 3.63) is 96.1 Å². The van der Waals surface area contributed by atoms with Gasteiger partial charge in [0.25, 0.3) is 5.91 Å². The SMILES string of the molecule is COc1cccc(CO[C@@H]2CN(Cc3ccccn3)C(=O)CN(C(=O)c3cccc4nccnc34)C2)c1. The first-order valence-electron chi connectivity index (χ1n) is 12.0. The molecule has 1 saturated heterocycles. The molecular formula is C28H27N5O4. The summed E-state index contributed by atoms with van der Waals surface area (Å²) in [5.74, 6) is 0.287. The molecule has 9 nitrogen and oxygen atoms in total. The number of fused-ring (bicyclic) bond motifs is 1. The third kappa shape index (κ3) is 5.73. The first-order chi connectivity index (χ1) is 18.1. The summed E-state index contributed by atoms with van der Waals surface area (Å²) in [6, 6.07) is 18.5. The van der Waals surface area contributed by atoms with Crippen molar-refractivity contribution in [3.63, 3.8) is 0 Å². The standard InChI is InChI=1S/C28H27N5O4/c1-36-22-8-4-6-20(14-22)19-37-23-16-32(15-21-7-2-3-11-29-21)26(34)18-33(17-23)28(35)24-9-5-10-25-27(24)31-13-12-30-25/h2-14,23H,15-19H2,1H3/t23-/m1/s1. The quantitative estimate of drug-likeness (QED) is 0.387. The summed E-state index contributed by atoms with van der Waals surface area (Å²) >= 11 is 0. The maximum Gasteiger partial charge on any atom is 0.256 e. The first kappa shape index (κ1) is 24.3. The summed E-state index contributed by atoms with van der Waals surface area (Å²) in [5.41, 5.74) is 3.24. The number of para-hydroxylation sites is 1. The van der Waals surface area contributed by atoms with Crippen LogP contribution < -0.4 is 4.74 Å². The molecule has 0 N–H and O–H groups in total. The van der Waals surface area contributed by atoms with E-state index in [9.17, 15) is 9.59 Å². The summed E-state index contributed by atoms with van der Waals surface area (Å²) in [6.45, 7) is 1.17. The number of amides is 2. The highest BCUT2D eigenvalue weighted by atomic mass is 16.5. The van der Waals surface area contributed by atoms with Crippen LogP contribution in [0.3, 0.4) is 0 Å². The molecule has 9 heteroatoms. The largest absolute Gasteiger partial charge is 0.497 e. The highest BCUT2D eigenvalue weighted by Gasteiger charge is 2.32. The number of methoxy groups -OCH3 is 1. The van der Waals surface area contributed by atoms with Crippen LogP contribution >= 0.6 is 0 Å². The molecule has 4 aromatic rings. The zero-order chi connectivity index (χ0) is 25.6. The zero-order valence-corrected chi connectivity index (χ0v) is 20.5. The maximum atomic E-state index is 13.7. The Morgan fingerprint density at radius 2 is 1.84 bits per heavy atom. The van der Waals surface area contributed by atoms with Gasteiger partial charge in [-0.1, -0.05) is 24.3 Å². The van der Waals surface area contributed by atoms with E-state index in [2.05, 4.69) is 15.0 Å². The molecule has 37 heavy (non-hydrogen) atoms. The minimum Gasteiger partial charge on any atom is -0.497 e. The van der Waals surface area contributed by atoms with Crippen molar-refractivity contribution >= 4 is 22.8 Å². The predicted octanol–water partition coefficient (Wildman–Crippen LogP) is 3.10. The highest BCUT2D eigenvalue weighted by molar-refractivity contribution is 6.05. The smallest absolute Gasteiger partial charge is 0.256 e. The van der Waals surface area contributed by atoms with Crippen molar-refractivity contribution in [1.82, 2.24) is 24.8 Å². The number of nitrogens with zero attached hydrogens (tertiary/aromatic N) is 5. The average molecular weight is 498 g/mol. The lowest BCUT2D eigenvalue weighted by atomic mass is 10.1. The van der Waals surface area contributed by atoms with E-state index in [1.165, 1.54) is 0 Å². The van der Waals surface area contributed by atoms with Gasteiger partial charge in [-0.15, -0.1) is 0 Å². The van der Waals surface area contributed by atoms with Gasteiger partial charge in [0.1, 0.15) is 17.8 Å². The monoisotopic (exact) mass is 497 g/mol. The van der Waals surface area contributed by atoms with Crippen LogP contribution in [0.2, 0.25) is 0 Å². The summed E-state index contributed by atoms with van der Waals surface area (Å²) in [6.07, 6.45) is 4.43. The molecule has 1 fully saturated rings. The molecule has 3 heterocycles.